The van der Waals surface area contributed by atoms with Gasteiger partial charge in [-0.25, -0.2) is 9.97 Å². The molecular formula is C17H20ClN5O. The van der Waals surface area contributed by atoms with Gasteiger partial charge in [-0.15, -0.1) is 0 Å². The van der Waals surface area contributed by atoms with Crippen LogP contribution in [0.3, 0.4) is 0 Å². The summed E-state index contributed by atoms with van der Waals surface area (Å²) >= 11 is 5.86. The van der Waals surface area contributed by atoms with E-state index in [9.17, 15) is 4.79 Å². The standard InChI is InChI=1S/C17H20ClN5O/c1-13(16(24)21-15-5-3-14(18)4-6-15)22-9-11-23(12-10-22)17-19-7-2-8-20-17/h2-8,13H,9-12H2,1H3,(H,21,24). The van der Waals surface area contributed by atoms with Crippen molar-refractivity contribution < 1.29 is 4.79 Å². The summed E-state index contributed by atoms with van der Waals surface area (Å²) in [5.74, 6) is 0.733. The number of amides is 1. The first kappa shape index (κ1) is 16.7. The molecule has 1 aliphatic rings. The van der Waals surface area contributed by atoms with E-state index in [1.807, 2.05) is 13.0 Å². The molecule has 6 nitrogen and oxygen atoms in total. The van der Waals surface area contributed by atoms with Crippen molar-refractivity contribution >= 4 is 29.1 Å². The highest BCUT2D eigenvalue weighted by Crippen LogP contribution is 2.16. The minimum absolute atomic E-state index is 0.0123. The molecule has 0 aliphatic carbocycles. The van der Waals surface area contributed by atoms with Gasteiger partial charge >= 0.3 is 0 Å². The van der Waals surface area contributed by atoms with E-state index in [2.05, 4.69) is 25.1 Å². The summed E-state index contributed by atoms with van der Waals surface area (Å²) in [5, 5.41) is 3.58. The van der Waals surface area contributed by atoms with Gasteiger partial charge in [-0.2, -0.15) is 0 Å². The Morgan fingerprint density at radius 3 is 2.38 bits per heavy atom. The van der Waals surface area contributed by atoms with Crippen LogP contribution >= 0.6 is 11.6 Å². The van der Waals surface area contributed by atoms with Crippen LogP contribution in [-0.4, -0.2) is 53.0 Å². The maximum atomic E-state index is 12.4. The van der Waals surface area contributed by atoms with Crippen molar-refractivity contribution in [3.05, 3.63) is 47.7 Å². The Hall–Kier alpha value is -2.18. The predicted octanol–water partition coefficient (Wildman–Crippen LogP) is 2.28. The summed E-state index contributed by atoms with van der Waals surface area (Å²) in [6, 6.07) is 8.75. The number of hydrogen-bond donors (Lipinski definition) is 1. The number of halogens is 1. The fraction of sp³-hybridized carbons (Fsp3) is 0.353. The van der Waals surface area contributed by atoms with E-state index in [0.717, 1.165) is 37.8 Å². The lowest BCUT2D eigenvalue weighted by atomic mass is 10.2. The molecule has 1 unspecified atom stereocenters. The number of anilines is 2. The van der Waals surface area contributed by atoms with Crippen molar-refractivity contribution in [3.63, 3.8) is 0 Å². The first-order valence-electron chi connectivity index (χ1n) is 7.96. The molecule has 7 heteroatoms. The molecule has 3 rings (SSSR count). The molecule has 24 heavy (non-hydrogen) atoms. The van der Waals surface area contributed by atoms with Crippen molar-refractivity contribution in [1.82, 2.24) is 14.9 Å². The quantitative estimate of drug-likeness (QED) is 0.921. The first-order chi connectivity index (χ1) is 11.6. The summed E-state index contributed by atoms with van der Waals surface area (Å²) in [6.07, 6.45) is 3.49. The molecule has 1 aromatic heterocycles. The number of benzene rings is 1. The Bertz CT molecular complexity index is 671. The molecular weight excluding hydrogens is 326 g/mol. The van der Waals surface area contributed by atoms with Gasteiger partial charge in [0.05, 0.1) is 6.04 Å². The fourth-order valence-electron chi connectivity index (χ4n) is 2.71. The summed E-state index contributed by atoms with van der Waals surface area (Å²) in [6.45, 7) is 5.14. The lowest BCUT2D eigenvalue weighted by Gasteiger charge is -2.37. The van der Waals surface area contributed by atoms with Gasteiger partial charge in [0.1, 0.15) is 0 Å². The largest absolute Gasteiger partial charge is 0.338 e. The lowest BCUT2D eigenvalue weighted by Crippen LogP contribution is -2.53. The van der Waals surface area contributed by atoms with Gasteiger partial charge in [-0.3, -0.25) is 9.69 Å². The molecule has 126 valence electrons. The summed E-state index contributed by atoms with van der Waals surface area (Å²) in [5.41, 5.74) is 0.757. The van der Waals surface area contributed by atoms with Crippen molar-refractivity contribution in [2.75, 3.05) is 36.4 Å². The smallest absolute Gasteiger partial charge is 0.241 e. The Morgan fingerprint density at radius 2 is 1.75 bits per heavy atom. The molecule has 1 fully saturated rings. The number of rotatable bonds is 4. The van der Waals surface area contributed by atoms with Crippen LogP contribution < -0.4 is 10.2 Å². The second-order valence-electron chi connectivity index (χ2n) is 5.74. The van der Waals surface area contributed by atoms with E-state index >= 15 is 0 Å². The highest BCUT2D eigenvalue weighted by molar-refractivity contribution is 6.30. The third-order valence-electron chi connectivity index (χ3n) is 4.19. The molecule has 0 radical (unpaired) electrons. The molecule has 1 saturated heterocycles. The molecule has 1 amide bonds. The van der Waals surface area contributed by atoms with Crippen molar-refractivity contribution in [1.29, 1.82) is 0 Å². The van der Waals surface area contributed by atoms with E-state index < -0.39 is 0 Å². The normalized spacial score (nSPS) is 16.7. The monoisotopic (exact) mass is 345 g/mol. The first-order valence-corrected chi connectivity index (χ1v) is 8.34. The number of piperazine rings is 1. The van der Waals surface area contributed by atoms with Crippen LogP contribution in [0, 0.1) is 0 Å². The molecule has 1 aromatic carbocycles. The number of nitrogens with zero attached hydrogens (tertiary/aromatic N) is 4. The molecule has 0 bridgehead atoms. The number of hydrogen-bond acceptors (Lipinski definition) is 5. The average Bonchev–Trinajstić information content (AvgIpc) is 2.64. The summed E-state index contributed by atoms with van der Waals surface area (Å²) in [4.78, 5) is 25.3. The third kappa shape index (κ3) is 4.01. The van der Waals surface area contributed by atoms with Gasteiger partial charge in [0.25, 0.3) is 0 Å². The molecule has 0 saturated carbocycles. The third-order valence-corrected chi connectivity index (χ3v) is 4.44. The Morgan fingerprint density at radius 1 is 1.12 bits per heavy atom. The maximum Gasteiger partial charge on any atom is 0.241 e. The van der Waals surface area contributed by atoms with Crippen molar-refractivity contribution in [3.8, 4) is 0 Å². The minimum Gasteiger partial charge on any atom is -0.338 e. The van der Waals surface area contributed by atoms with Crippen LogP contribution in [0.25, 0.3) is 0 Å². The van der Waals surface area contributed by atoms with Crippen LogP contribution in [-0.2, 0) is 4.79 Å². The van der Waals surface area contributed by atoms with Crippen molar-refractivity contribution in [2.45, 2.75) is 13.0 Å². The van der Waals surface area contributed by atoms with Crippen LogP contribution in [0.15, 0.2) is 42.7 Å². The van der Waals surface area contributed by atoms with E-state index in [1.54, 1.807) is 36.7 Å². The second-order valence-corrected chi connectivity index (χ2v) is 6.18. The highest BCUT2D eigenvalue weighted by Gasteiger charge is 2.26. The predicted molar refractivity (Wildman–Crippen MR) is 95.4 cm³/mol. The van der Waals surface area contributed by atoms with E-state index in [0.29, 0.717) is 5.02 Å². The van der Waals surface area contributed by atoms with Gasteiger partial charge in [-0.05, 0) is 37.3 Å². The second kappa shape index (κ2) is 7.59. The number of carbonyl (C=O) groups is 1. The van der Waals surface area contributed by atoms with E-state index in [-0.39, 0.29) is 11.9 Å². The highest BCUT2D eigenvalue weighted by atomic mass is 35.5. The van der Waals surface area contributed by atoms with Crippen LogP contribution in [0.4, 0.5) is 11.6 Å². The number of carbonyl (C=O) groups excluding carboxylic acids is 1. The number of nitrogens with one attached hydrogen (secondary N) is 1. The van der Waals surface area contributed by atoms with Crippen LogP contribution in [0.2, 0.25) is 5.02 Å². The van der Waals surface area contributed by atoms with Gasteiger partial charge in [0.2, 0.25) is 11.9 Å². The van der Waals surface area contributed by atoms with Crippen molar-refractivity contribution in [2.24, 2.45) is 0 Å². The molecule has 1 N–H and O–H groups in total. The Kier molecular flexibility index (Phi) is 5.27. The fourth-order valence-corrected chi connectivity index (χ4v) is 2.84. The van der Waals surface area contributed by atoms with Gasteiger partial charge in [0, 0.05) is 49.3 Å². The van der Waals surface area contributed by atoms with Gasteiger partial charge in [-0.1, -0.05) is 11.6 Å². The van der Waals surface area contributed by atoms with Crippen LogP contribution in [0.5, 0.6) is 0 Å². The molecule has 2 heterocycles. The summed E-state index contributed by atoms with van der Waals surface area (Å²) < 4.78 is 0. The lowest BCUT2D eigenvalue weighted by molar-refractivity contribution is -0.120. The molecule has 1 aliphatic heterocycles. The molecule has 0 spiro atoms. The molecule has 1 atom stereocenters. The summed E-state index contributed by atoms with van der Waals surface area (Å²) in [7, 11) is 0. The maximum absolute atomic E-state index is 12.4. The number of aromatic nitrogens is 2. The Balaban J connectivity index is 1.53. The van der Waals surface area contributed by atoms with Gasteiger partial charge in [0.15, 0.2) is 0 Å². The van der Waals surface area contributed by atoms with Gasteiger partial charge < -0.3 is 10.2 Å². The minimum atomic E-state index is -0.195. The SMILES string of the molecule is CC(C(=O)Nc1ccc(Cl)cc1)N1CCN(c2ncccn2)CC1. The van der Waals surface area contributed by atoms with E-state index in [1.165, 1.54) is 0 Å². The average molecular weight is 346 g/mol. The zero-order valence-electron chi connectivity index (χ0n) is 13.5. The topological polar surface area (TPSA) is 61.4 Å². The van der Waals surface area contributed by atoms with E-state index in [4.69, 9.17) is 11.6 Å². The zero-order valence-corrected chi connectivity index (χ0v) is 14.3. The molecule has 2 aromatic rings. The van der Waals surface area contributed by atoms with Crippen LogP contribution in [0.1, 0.15) is 6.92 Å². The Labute approximate surface area is 146 Å². The zero-order chi connectivity index (χ0) is 16.9.